The fourth-order valence-electron chi connectivity index (χ4n) is 2.27. The molecule has 132 valence electrons. The van der Waals surface area contributed by atoms with Crippen LogP contribution in [0, 0.1) is 17.0 Å². The Bertz CT molecular complexity index is 811. The van der Waals surface area contributed by atoms with Crippen LogP contribution in [0.15, 0.2) is 34.7 Å². The molecule has 8 heteroatoms. The van der Waals surface area contributed by atoms with Crippen molar-refractivity contribution in [3.63, 3.8) is 0 Å². The van der Waals surface area contributed by atoms with Crippen LogP contribution in [0.5, 0.6) is 0 Å². The first-order valence-electron chi connectivity index (χ1n) is 7.59. The summed E-state index contributed by atoms with van der Waals surface area (Å²) in [6.45, 7) is 3.74. The molecule has 1 aromatic heterocycles. The first kappa shape index (κ1) is 18.2. The van der Waals surface area contributed by atoms with E-state index < -0.39 is 16.8 Å². The minimum absolute atomic E-state index is 0.0306. The SMILES string of the molecule is CCOC(=O)c1cc(C(=O)N(C)Cc2ccc(C)o2)cc([N+](=O)[O-])c1. The largest absolute Gasteiger partial charge is 0.464 e. The summed E-state index contributed by atoms with van der Waals surface area (Å²) >= 11 is 0. The number of carbonyl (C=O) groups is 2. The molecule has 0 spiro atoms. The highest BCUT2D eigenvalue weighted by atomic mass is 16.6. The van der Waals surface area contributed by atoms with Gasteiger partial charge in [-0.3, -0.25) is 14.9 Å². The Morgan fingerprint density at radius 2 is 1.92 bits per heavy atom. The summed E-state index contributed by atoms with van der Waals surface area (Å²) in [5.74, 6) is 0.119. The molecule has 0 saturated carbocycles. The molecule has 0 unspecified atom stereocenters. The molecule has 1 heterocycles. The van der Waals surface area contributed by atoms with Crippen molar-refractivity contribution in [2.24, 2.45) is 0 Å². The van der Waals surface area contributed by atoms with Gasteiger partial charge in [-0.1, -0.05) is 0 Å². The highest BCUT2D eigenvalue weighted by Gasteiger charge is 2.21. The van der Waals surface area contributed by atoms with Gasteiger partial charge in [-0.05, 0) is 32.0 Å². The molecule has 0 atom stereocenters. The number of esters is 1. The third kappa shape index (κ3) is 4.43. The van der Waals surface area contributed by atoms with Crippen molar-refractivity contribution in [1.29, 1.82) is 0 Å². The zero-order chi connectivity index (χ0) is 18.6. The minimum atomic E-state index is -0.718. The number of ether oxygens (including phenoxy) is 1. The Morgan fingerprint density at radius 1 is 1.24 bits per heavy atom. The Kier molecular flexibility index (Phi) is 5.53. The van der Waals surface area contributed by atoms with Crippen molar-refractivity contribution in [1.82, 2.24) is 4.90 Å². The van der Waals surface area contributed by atoms with Gasteiger partial charge in [0.05, 0.1) is 23.6 Å². The number of carbonyl (C=O) groups excluding carboxylic acids is 2. The number of nitro benzene ring substituents is 1. The molecule has 0 aliphatic carbocycles. The number of benzene rings is 1. The molecule has 0 fully saturated rings. The summed E-state index contributed by atoms with van der Waals surface area (Å²) in [6.07, 6.45) is 0. The molecule has 8 nitrogen and oxygen atoms in total. The lowest BCUT2D eigenvalue weighted by Gasteiger charge is -2.16. The Hall–Kier alpha value is -3.16. The maximum absolute atomic E-state index is 12.6. The summed E-state index contributed by atoms with van der Waals surface area (Å²) in [5, 5.41) is 11.1. The van der Waals surface area contributed by atoms with E-state index in [9.17, 15) is 19.7 Å². The fraction of sp³-hybridized carbons (Fsp3) is 0.294. The highest BCUT2D eigenvalue weighted by molar-refractivity contribution is 5.98. The van der Waals surface area contributed by atoms with Crippen LogP contribution in [0.4, 0.5) is 5.69 Å². The van der Waals surface area contributed by atoms with E-state index in [1.807, 2.05) is 0 Å². The highest BCUT2D eigenvalue weighted by Crippen LogP contribution is 2.20. The molecular formula is C17H18N2O6. The Balaban J connectivity index is 2.30. The van der Waals surface area contributed by atoms with Crippen LogP contribution in [0.2, 0.25) is 0 Å². The van der Waals surface area contributed by atoms with E-state index in [1.165, 1.54) is 11.0 Å². The topological polar surface area (TPSA) is 103 Å². The van der Waals surface area contributed by atoms with Gasteiger partial charge in [0, 0.05) is 24.7 Å². The molecule has 0 radical (unpaired) electrons. The van der Waals surface area contributed by atoms with Gasteiger partial charge in [-0.25, -0.2) is 4.79 Å². The zero-order valence-electron chi connectivity index (χ0n) is 14.1. The van der Waals surface area contributed by atoms with Crippen molar-refractivity contribution in [2.45, 2.75) is 20.4 Å². The van der Waals surface area contributed by atoms with Gasteiger partial charge in [0.2, 0.25) is 0 Å². The lowest BCUT2D eigenvalue weighted by Crippen LogP contribution is -2.26. The van der Waals surface area contributed by atoms with Gasteiger partial charge >= 0.3 is 5.97 Å². The van der Waals surface area contributed by atoms with Crippen LogP contribution >= 0.6 is 0 Å². The Labute approximate surface area is 144 Å². The molecule has 0 bridgehead atoms. The number of aryl methyl sites for hydroxylation is 1. The molecule has 2 aromatic rings. The van der Waals surface area contributed by atoms with Gasteiger partial charge in [0.1, 0.15) is 11.5 Å². The fourth-order valence-corrected chi connectivity index (χ4v) is 2.27. The van der Waals surface area contributed by atoms with Crippen LogP contribution in [0.1, 0.15) is 39.2 Å². The number of nitrogens with zero attached hydrogens (tertiary/aromatic N) is 2. The maximum atomic E-state index is 12.6. The van der Waals surface area contributed by atoms with E-state index in [4.69, 9.17) is 9.15 Å². The molecule has 0 aliphatic rings. The Morgan fingerprint density at radius 3 is 2.48 bits per heavy atom. The molecular weight excluding hydrogens is 328 g/mol. The van der Waals surface area contributed by atoms with Gasteiger partial charge in [-0.15, -0.1) is 0 Å². The number of amides is 1. The summed E-state index contributed by atoms with van der Waals surface area (Å²) in [7, 11) is 1.54. The zero-order valence-corrected chi connectivity index (χ0v) is 14.1. The van der Waals surface area contributed by atoms with E-state index in [0.29, 0.717) is 5.76 Å². The lowest BCUT2D eigenvalue weighted by atomic mass is 10.1. The third-order valence-electron chi connectivity index (χ3n) is 3.42. The quantitative estimate of drug-likeness (QED) is 0.452. The van der Waals surface area contributed by atoms with Crippen molar-refractivity contribution < 1.29 is 23.7 Å². The van der Waals surface area contributed by atoms with E-state index >= 15 is 0 Å². The molecule has 0 saturated heterocycles. The molecule has 1 amide bonds. The van der Waals surface area contributed by atoms with E-state index in [0.717, 1.165) is 17.9 Å². The van der Waals surface area contributed by atoms with Crippen LogP contribution in [0.3, 0.4) is 0 Å². The third-order valence-corrected chi connectivity index (χ3v) is 3.42. The number of rotatable bonds is 6. The van der Waals surface area contributed by atoms with Gasteiger partial charge < -0.3 is 14.1 Å². The number of furan rings is 1. The van der Waals surface area contributed by atoms with Gasteiger partial charge in [0.25, 0.3) is 11.6 Å². The summed E-state index contributed by atoms with van der Waals surface area (Å²) in [6, 6.07) is 7.04. The average Bonchev–Trinajstić information content (AvgIpc) is 2.98. The van der Waals surface area contributed by atoms with Crippen molar-refractivity contribution in [3.05, 3.63) is 63.1 Å². The van der Waals surface area contributed by atoms with Crippen LogP contribution in [0.25, 0.3) is 0 Å². The van der Waals surface area contributed by atoms with Crippen LogP contribution in [-0.4, -0.2) is 35.4 Å². The van der Waals surface area contributed by atoms with Gasteiger partial charge in [0.15, 0.2) is 0 Å². The lowest BCUT2D eigenvalue weighted by molar-refractivity contribution is -0.384. The molecule has 2 rings (SSSR count). The minimum Gasteiger partial charge on any atom is -0.464 e. The predicted molar refractivity (Wildman–Crippen MR) is 88.3 cm³/mol. The van der Waals surface area contributed by atoms with E-state index in [-0.39, 0.29) is 30.0 Å². The first-order valence-corrected chi connectivity index (χ1v) is 7.59. The second kappa shape index (κ2) is 7.61. The number of hydrogen-bond acceptors (Lipinski definition) is 6. The summed E-state index contributed by atoms with van der Waals surface area (Å²) in [5.41, 5.74) is -0.360. The second-order valence-electron chi connectivity index (χ2n) is 5.42. The van der Waals surface area contributed by atoms with Gasteiger partial charge in [-0.2, -0.15) is 0 Å². The van der Waals surface area contributed by atoms with E-state index in [1.54, 1.807) is 33.0 Å². The normalized spacial score (nSPS) is 10.4. The van der Waals surface area contributed by atoms with Crippen molar-refractivity contribution in [3.8, 4) is 0 Å². The summed E-state index contributed by atoms with van der Waals surface area (Å²) < 4.78 is 10.3. The smallest absolute Gasteiger partial charge is 0.338 e. The molecule has 1 aromatic carbocycles. The van der Waals surface area contributed by atoms with E-state index in [2.05, 4.69) is 0 Å². The first-order chi connectivity index (χ1) is 11.8. The van der Waals surface area contributed by atoms with Crippen molar-refractivity contribution >= 4 is 17.6 Å². The molecule has 25 heavy (non-hydrogen) atoms. The number of hydrogen-bond donors (Lipinski definition) is 0. The van der Waals surface area contributed by atoms with Crippen LogP contribution in [-0.2, 0) is 11.3 Å². The average molecular weight is 346 g/mol. The van der Waals surface area contributed by atoms with Crippen LogP contribution < -0.4 is 0 Å². The number of non-ortho nitro benzene ring substituents is 1. The predicted octanol–water partition coefficient (Wildman–Crippen LogP) is 2.95. The van der Waals surface area contributed by atoms with Crippen molar-refractivity contribution in [2.75, 3.05) is 13.7 Å². The molecule has 0 aliphatic heterocycles. The standard InChI is InChI=1S/C17H18N2O6/c1-4-24-17(21)13-7-12(8-14(9-13)19(22)23)16(20)18(3)10-15-6-5-11(2)25-15/h5-9H,4,10H2,1-3H3. The summed E-state index contributed by atoms with van der Waals surface area (Å²) in [4.78, 5) is 36.2. The molecule has 0 N–H and O–H groups in total. The second-order valence-corrected chi connectivity index (χ2v) is 5.42. The monoisotopic (exact) mass is 346 g/mol. The number of nitro groups is 1. The maximum Gasteiger partial charge on any atom is 0.338 e.